The maximum Gasteiger partial charge on any atom is 0.252 e. The van der Waals surface area contributed by atoms with Crippen LogP contribution in [0, 0.1) is 5.82 Å². The molecule has 1 aromatic rings. The van der Waals surface area contributed by atoms with Crippen molar-refractivity contribution in [2.24, 2.45) is 0 Å². The Morgan fingerprint density at radius 1 is 1.32 bits per heavy atom. The van der Waals surface area contributed by atoms with E-state index in [0.717, 1.165) is 6.07 Å². The monoisotopic (exact) mass is 395 g/mol. The van der Waals surface area contributed by atoms with Gasteiger partial charge in [-0.1, -0.05) is 0 Å². The highest BCUT2D eigenvalue weighted by atomic mass is 79.9. The van der Waals surface area contributed by atoms with Gasteiger partial charge in [0, 0.05) is 37.6 Å². The average Bonchev–Trinajstić information content (AvgIpc) is 2.46. The van der Waals surface area contributed by atoms with Crippen LogP contribution in [-0.4, -0.2) is 50.4 Å². The molecule has 2 amide bonds. The third-order valence-electron chi connectivity index (χ3n) is 2.92. The molecule has 1 aromatic carbocycles. The van der Waals surface area contributed by atoms with Crippen LogP contribution in [-0.2, 0) is 4.79 Å². The minimum absolute atomic E-state index is 0. The van der Waals surface area contributed by atoms with Crippen molar-refractivity contribution in [1.82, 2.24) is 15.5 Å². The number of nitrogens with zero attached hydrogens (tertiary/aromatic N) is 1. The SMILES string of the molecule is CNCCN(C)C(=O)CCNC(=O)c1cc(F)ccc1Br.Cl. The van der Waals surface area contributed by atoms with E-state index in [1.54, 1.807) is 11.9 Å². The highest BCUT2D eigenvalue weighted by Gasteiger charge is 2.12. The number of hydrogen-bond donors (Lipinski definition) is 2. The summed E-state index contributed by atoms with van der Waals surface area (Å²) in [6.45, 7) is 1.54. The zero-order valence-electron chi connectivity index (χ0n) is 12.5. The van der Waals surface area contributed by atoms with E-state index in [0.29, 0.717) is 17.6 Å². The van der Waals surface area contributed by atoms with Gasteiger partial charge in [0.25, 0.3) is 5.91 Å². The van der Waals surface area contributed by atoms with Crippen molar-refractivity contribution >= 4 is 40.2 Å². The third kappa shape index (κ3) is 6.72. The molecule has 0 unspecified atom stereocenters. The highest BCUT2D eigenvalue weighted by Crippen LogP contribution is 2.17. The first-order chi connectivity index (χ1) is 9.95. The quantitative estimate of drug-likeness (QED) is 0.739. The van der Waals surface area contributed by atoms with E-state index in [-0.39, 0.29) is 36.8 Å². The van der Waals surface area contributed by atoms with Gasteiger partial charge in [0.15, 0.2) is 0 Å². The molecule has 22 heavy (non-hydrogen) atoms. The summed E-state index contributed by atoms with van der Waals surface area (Å²) >= 11 is 3.19. The Morgan fingerprint density at radius 3 is 2.64 bits per heavy atom. The molecule has 1 rings (SSSR count). The van der Waals surface area contributed by atoms with Crippen LogP contribution in [0.25, 0.3) is 0 Å². The Labute approximate surface area is 144 Å². The van der Waals surface area contributed by atoms with E-state index >= 15 is 0 Å². The first kappa shape index (κ1) is 20.8. The molecule has 0 aliphatic carbocycles. The van der Waals surface area contributed by atoms with Crippen LogP contribution >= 0.6 is 28.3 Å². The van der Waals surface area contributed by atoms with Gasteiger partial charge in [-0.15, -0.1) is 12.4 Å². The first-order valence-corrected chi connectivity index (χ1v) is 7.36. The number of carbonyl (C=O) groups excluding carboxylic acids is 2. The van der Waals surface area contributed by atoms with Crippen molar-refractivity contribution in [1.29, 1.82) is 0 Å². The summed E-state index contributed by atoms with van der Waals surface area (Å²) in [5, 5.41) is 5.57. The van der Waals surface area contributed by atoms with Gasteiger partial charge in [-0.05, 0) is 41.2 Å². The van der Waals surface area contributed by atoms with Gasteiger partial charge in [-0.3, -0.25) is 9.59 Å². The standard InChI is InChI=1S/C14H19BrFN3O2.ClH/c1-17-7-8-19(2)13(20)5-6-18-14(21)11-9-10(16)3-4-12(11)15;/h3-4,9,17H,5-8H2,1-2H3,(H,18,21);1H. The van der Waals surface area contributed by atoms with Crippen LogP contribution in [0.3, 0.4) is 0 Å². The fourth-order valence-corrected chi connectivity index (χ4v) is 2.07. The number of hydrogen-bond acceptors (Lipinski definition) is 3. The molecular weight excluding hydrogens is 377 g/mol. The molecule has 2 N–H and O–H groups in total. The Kier molecular flexibility index (Phi) is 9.97. The lowest BCUT2D eigenvalue weighted by molar-refractivity contribution is -0.129. The number of likely N-dealkylation sites (N-methyl/N-ethyl adjacent to an activating group) is 2. The van der Waals surface area contributed by atoms with Crippen molar-refractivity contribution in [3.8, 4) is 0 Å². The van der Waals surface area contributed by atoms with E-state index in [4.69, 9.17) is 0 Å². The van der Waals surface area contributed by atoms with Crippen LogP contribution < -0.4 is 10.6 Å². The number of rotatable bonds is 7. The van der Waals surface area contributed by atoms with Gasteiger partial charge in [0.2, 0.25) is 5.91 Å². The normalized spacial score (nSPS) is 9.82. The van der Waals surface area contributed by atoms with E-state index in [9.17, 15) is 14.0 Å². The molecule has 0 radical (unpaired) electrons. The van der Waals surface area contributed by atoms with Crippen LogP contribution in [0.15, 0.2) is 22.7 Å². The summed E-state index contributed by atoms with van der Waals surface area (Å²) in [4.78, 5) is 25.3. The number of halogens is 3. The fourth-order valence-electron chi connectivity index (χ4n) is 1.64. The second-order valence-corrected chi connectivity index (χ2v) is 5.40. The maximum absolute atomic E-state index is 13.1. The molecule has 0 fully saturated rings. The van der Waals surface area contributed by atoms with Gasteiger partial charge < -0.3 is 15.5 Å². The zero-order chi connectivity index (χ0) is 15.8. The van der Waals surface area contributed by atoms with Crippen LogP contribution in [0.1, 0.15) is 16.8 Å². The Balaban J connectivity index is 0.00000441. The predicted molar refractivity (Wildman–Crippen MR) is 89.9 cm³/mol. The predicted octanol–water partition coefficient (Wildman–Crippen LogP) is 1.81. The Bertz CT molecular complexity index is 517. The molecule has 0 aliphatic rings. The van der Waals surface area contributed by atoms with E-state index in [2.05, 4.69) is 26.6 Å². The summed E-state index contributed by atoms with van der Waals surface area (Å²) in [7, 11) is 3.53. The molecule has 0 saturated carbocycles. The van der Waals surface area contributed by atoms with Gasteiger partial charge >= 0.3 is 0 Å². The van der Waals surface area contributed by atoms with Crippen molar-refractivity contribution in [3.63, 3.8) is 0 Å². The van der Waals surface area contributed by atoms with Gasteiger partial charge in [0.1, 0.15) is 5.82 Å². The maximum atomic E-state index is 13.1. The van der Waals surface area contributed by atoms with Crippen LogP contribution in [0.2, 0.25) is 0 Å². The Hall–Kier alpha value is -1.18. The topological polar surface area (TPSA) is 61.4 Å². The molecule has 0 heterocycles. The van der Waals surface area contributed by atoms with E-state index in [1.807, 2.05) is 7.05 Å². The fraction of sp³-hybridized carbons (Fsp3) is 0.429. The van der Waals surface area contributed by atoms with Crippen LogP contribution in [0.4, 0.5) is 4.39 Å². The summed E-state index contributed by atoms with van der Waals surface area (Å²) in [5.41, 5.74) is 0.214. The smallest absolute Gasteiger partial charge is 0.252 e. The molecule has 0 spiro atoms. The van der Waals surface area contributed by atoms with Crippen molar-refractivity contribution < 1.29 is 14.0 Å². The average molecular weight is 397 g/mol. The van der Waals surface area contributed by atoms with Crippen molar-refractivity contribution in [2.45, 2.75) is 6.42 Å². The van der Waals surface area contributed by atoms with Crippen LogP contribution in [0.5, 0.6) is 0 Å². The minimum Gasteiger partial charge on any atom is -0.351 e. The minimum atomic E-state index is -0.480. The number of benzene rings is 1. The highest BCUT2D eigenvalue weighted by molar-refractivity contribution is 9.10. The lowest BCUT2D eigenvalue weighted by Crippen LogP contribution is -2.35. The second kappa shape index (κ2) is 10.5. The molecule has 124 valence electrons. The molecule has 5 nitrogen and oxygen atoms in total. The second-order valence-electron chi connectivity index (χ2n) is 4.55. The molecule has 8 heteroatoms. The molecule has 0 aliphatic heterocycles. The zero-order valence-corrected chi connectivity index (χ0v) is 14.9. The van der Waals surface area contributed by atoms with Crippen molar-refractivity contribution in [2.75, 3.05) is 33.7 Å². The molecule has 0 aromatic heterocycles. The number of nitrogens with one attached hydrogen (secondary N) is 2. The third-order valence-corrected chi connectivity index (χ3v) is 3.61. The Morgan fingerprint density at radius 2 is 2.00 bits per heavy atom. The summed E-state index contributed by atoms with van der Waals surface area (Å²) in [6, 6.07) is 3.89. The molecule has 0 saturated heterocycles. The van der Waals surface area contributed by atoms with Gasteiger partial charge in [-0.25, -0.2) is 4.39 Å². The summed E-state index contributed by atoms with van der Waals surface area (Å²) in [6.07, 6.45) is 0.207. The molecule has 0 atom stereocenters. The summed E-state index contributed by atoms with van der Waals surface area (Å²) in [5.74, 6) is -0.942. The van der Waals surface area contributed by atoms with Gasteiger partial charge in [-0.2, -0.15) is 0 Å². The van der Waals surface area contributed by atoms with E-state index in [1.165, 1.54) is 12.1 Å². The van der Waals surface area contributed by atoms with Crippen molar-refractivity contribution in [3.05, 3.63) is 34.1 Å². The molecule has 0 bridgehead atoms. The summed E-state index contributed by atoms with van der Waals surface area (Å²) < 4.78 is 13.6. The lowest BCUT2D eigenvalue weighted by atomic mass is 10.2. The first-order valence-electron chi connectivity index (χ1n) is 6.57. The van der Waals surface area contributed by atoms with Gasteiger partial charge in [0.05, 0.1) is 5.56 Å². The number of amides is 2. The number of carbonyl (C=O) groups is 2. The molecular formula is C14H20BrClFN3O2. The largest absolute Gasteiger partial charge is 0.351 e. The lowest BCUT2D eigenvalue weighted by Gasteiger charge is -2.17. The van der Waals surface area contributed by atoms with E-state index < -0.39 is 11.7 Å².